The summed E-state index contributed by atoms with van der Waals surface area (Å²) in [6.07, 6.45) is 2.19. The number of aryl methyl sites for hydroxylation is 3. The highest BCUT2D eigenvalue weighted by Gasteiger charge is 2.34. The SMILES string of the molecule is Cc1ccc(C2c3[nH]c4ccc(C)cc4c3CCN2C(=O)CCc2ccccc2)cc1. The lowest BCUT2D eigenvalue weighted by atomic mass is 9.91. The van der Waals surface area contributed by atoms with Crippen molar-refractivity contribution in [3.63, 3.8) is 0 Å². The van der Waals surface area contributed by atoms with Crippen LogP contribution in [0.3, 0.4) is 0 Å². The van der Waals surface area contributed by atoms with Gasteiger partial charge in [0.2, 0.25) is 5.91 Å². The second-order valence-electron chi connectivity index (χ2n) is 8.70. The van der Waals surface area contributed by atoms with Crippen molar-refractivity contribution < 1.29 is 4.79 Å². The number of benzene rings is 3. The minimum atomic E-state index is -0.0691. The van der Waals surface area contributed by atoms with E-state index in [0.29, 0.717) is 6.42 Å². The number of carbonyl (C=O) groups is 1. The second kappa shape index (κ2) is 8.07. The molecule has 2 heterocycles. The van der Waals surface area contributed by atoms with Crippen LogP contribution >= 0.6 is 0 Å². The molecule has 5 rings (SSSR count). The standard InChI is InChI=1S/C28H28N2O/c1-19-8-12-22(13-9-19)28-27-23(24-18-20(2)10-14-25(24)29-27)16-17-30(28)26(31)15-11-21-6-4-3-5-7-21/h3-10,12-14,18,28-29H,11,15-17H2,1-2H3. The van der Waals surface area contributed by atoms with Gasteiger partial charge in [0.25, 0.3) is 0 Å². The summed E-state index contributed by atoms with van der Waals surface area (Å²) in [7, 11) is 0. The molecule has 0 bridgehead atoms. The maximum absolute atomic E-state index is 13.4. The fourth-order valence-electron chi connectivity index (χ4n) is 4.81. The predicted octanol–water partition coefficient (Wildman–Crippen LogP) is 5.89. The quantitative estimate of drug-likeness (QED) is 0.449. The number of hydrogen-bond donors (Lipinski definition) is 1. The van der Waals surface area contributed by atoms with Crippen LogP contribution in [0.25, 0.3) is 10.9 Å². The average molecular weight is 409 g/mol. The Morgan fingerprint density at radius 1 is 0.968 bits per heavy atom. The molecule has 0 fully saturated rings. The molecule has 1 unspecified atom stereocenters. The van der Waals surface area contributed by atoms with Crippen molar-refractivity contribution >= 4 is 16.8 Å². The molecule has 0 saturated heterocycles. The zero-order valence-corrected chi connectivity index (χ0v) is 18.2. The van der Waals surface area contributed by atoms with Gasteiger partial charge < -0.3 is 9.88 Å². The number of H-pyrrole nitrogens is 1. The van der Waals surface area contributed by atoms with Crippen molar-refractivity contribution in [3.05, 3.63) is 106 Å². The zero-order valence-electron chi connectivity index (χ0n) is 18.2. The van der Waals surface area contributed by atoms with Crippen LogP contribution in [-0.2, 0) is 17.6 Å². The normalized spacial score (nSPS) is 15.8. The van der Waals surface area contributed by atoms with Gasteiger partial charge in [-0.05, 0) is 55.5 Å². The van der Waals surface area contributed by atoms with Gasteiger partial charge in [-0.15, -0.1) is 0 Å². The molecule has 1 amide bonds. The third kappa shape index (κ3) is 3.76. The Labute approximate surface area is 183 Å². The van der Waals surface area contributed by atoms with Crippen molar-refractivity contribution in [1.29, 1.82) is 0 Å². The van der Waals surface area contributed by atoms with Crippen molar-refractivity contribution in [2.24, 2.45) is 0 Å². The number of carbonyl (C=O) groups excluding carboxylic acids is 1. The number of rotatable bonds is 4. The van der Waals surface area contributed by atoms with E-state index in [1.807, 2.05) is 18.2 Å². The van der Waals surface area contributed by atoms with Gasteiger partial charge in [-0.25, -0.2) is 0 Å². The number of amides is 1. The van der Waals surface area contributed by atoms with Crippen molar-refractivity contribution in [2.45, 2.75) is 39.2 Å². The Morgan fingerprint density at radius 2 is 1.71 bits per heavy atom. The zero-order chi connectivity index (χ0) is 21.4. The summed E-state index contributed by atoms with van der Waals surface area (Å²) in [5.41, 5.74) is 8.56. The molecule has 1 N–H and O–H groups in total. The van der Waals surface area contributed by atoms with Crippen LogP contribution in [0.1, 0.15) is 46.0 Å². The highest BCUT2D eigenvalue weighted by molar-refractivity contribution is 5.87. The third-order valence-electron chi connectivity index (χ3n) is 6.47. The number of hydrogen-bond acceptors (Lipinski definition) is 1. The largest absolute Gasteiger partial charge is 0.356 e. The van der Waals surface area contributed by atoms with E-state index in [9.17, 15) is 4.79 Å². The Balaban J connectivity index is 1.52. The van der Waals surface area contributed by atoms with Crippen LogP contribution in [0, 0.1) is 13.8 Å². The van der Waals surface area contributed by atoms with Gasteiger partial charge in [-0.3, -0.25) is 4.79 Å². The van der Waals surface area contributed by atoms with E-state index < -0.39 is 0 Å². The van der Waals surface area contributed by atoms with Crippen LogP contribution in [-0.4, -0.2) is 22.3 Å². The van der Waals surface area contributed by atoms with Gasteiger partial charge in [0.1, 0.15) is 0 Å². The van der Waals surface area contributed by atoms with E-state index in [0.717, 1.165) is 24.9 Å². The second-order valence-corrected chi connectivity index (χ2v) is 8.70. The predicted molar refractivity (Wildman–Crippen MR) is 126 cm³/mol. The average Bonchev–Trinajstić information content (AvgIpc) is 3.16. The van der Waals surface area contributed by atoms with Crippen LogP contribution in [0.2, 0.25) is 0 Å². The van der Waals surface area contributed by atoms with E-state index in [2.05, 4.69) is 78.3 Å². The summed E-state index contributed by atoms with van der Waals surface area (Å²) in [6.45, 7) is 4.99. The van der Waals surface area contributed by atoms with Crippen molar-refractivity contribution in [2.75, 3.05) is 6.54 Å². The number of aromatic amines is 1. The molecule has 3 nitrogen and oxygen atoms in total. The molecule has 1 aliphatic heterocycles. The summed E-state index contributed by atoms with van der Waals surface area (Å²) in [4.78, 5) is 19.2. The monoisotopic (exact) mass is 408 g/mol. The molecule has 0 aliphatic carbocycles. The molecule has 1 aromatic heterocycles. The van der Waals surface area contributed by atoms with Crippen LogP contribution in [0.15, 0.2) is 72.8 Å². The minimum absolute atomic E-state index is 0.0691. The third-order valence-corrected chi connectivity index (χ3v) is 6.47. The number of nitrogens with zero attached hydrogens (tertiary/aromatic N) is 1. The fraction of sp³-hybridized carbons (Fsp3) is 0.250. The lowest BCUT2D eigenvalue weighted by Crippen LogP contribution is -2.40. The summed E-state index contributed by atoms with van der Waals surface area (Å²) in [6, 6.07) is 25.4. The Morgan fingerprint density at radius 3 is 2.48 bits per heavy atom. The molecule has 0 radical (unpaired) electrons. The lowest BCUT2D eigenvalue weighted by Gasteiger charge is -2.36. The van der Waals surface area contributed by atoms with E-state index in [-0.39, 0.29) is 11.9 Å². The van der Waals surface area contributed by atoms with Gasteiger partial charge in [0, 0.05) is 29.6 Å². The Kier molecular flexibility index (Phi) is 5.11. The topological polar surface area (TPSA) is 36.1 Å². The molecule has 3 aromatic carbocycles. The minimum Gasteiger partial charge on any atom is -0.356 e. The van der Waals surface area contributed by atoms with Crippen LogP contribution in [0.5, 0.6) is 0 Å². The maximum Gasteiger partial charge on any atom is 0.223 e. The first-order valence-electron chi connectivity index (χ1n) is 11.1. The Bertz CT molecular complexity index is 1220. The lowest BCUT2D eigenvalue weighted by molar-refractivity contribution is -0.133. The van der Waals surface area contributed by atoms with E-state index in [1.165, 1.54) is 38.9 Å². The summed E-state index contributed by atoms with van der Waals surface area (Å²) in [5, 5.41) is 1.29. The van der Waals surface area contributed by atoms with Crippen molar-refractivity contribution in [1.82, 2.24) is 9.88 Å². The first-order valence-corrected chi connectivity index (χ1v) is 11.1. The highest BCUT2D eigenvalue weighted by atomic mass is 16.2. The maximum atomic E-state index is 13.4. The molecule has 4 aromatic rings. The number of aromatic nitrogens is 1. The fourth-order valence-corrected chi connectivity index (χ4v) is 4.81. The first-order chi connectivity index (χ1) is 15.1. The van der Waals surface area contributed by atoms with E-state index >= 15 is 0 Å². The van der Waals surface area contributed by atoms with E-state index in [1.54, 1.807) is 0 Å². The smallest absolute Gasteiger partial charge is 0.223 e. The molecule has 1 atom stereocenters. The van der Waals surface area contributed by atoms with Gasteiger partial charge in [0.15, 0.2) is 0 Å². The van der Waals surface area contributed by atoms with Gasteiger partial charge >= 0.3 is 0 Å². The van der Waals surface area contributed by atoms with Gasteiger partial charge in [0.05, 0.1) is 6.04 Å². The van der Waals surface area contributed by atoms with Crippen molar-refractivity contribution in [3.8, 4) is 0 Å². The van der Waals surface area contributed by atoms with Gasteiger partial charge in [-0.1, -0.05) is 71.8 Å². The molecular weight excluding hydrogens is 380 g/mol. The molecular formula is C28H28N2O. The van der Waals surface area contributed by atoms with E-state index in [4.69, 9.17) is 0 Å². The molecule has 31 heavy (non-hydrogen) atoms. The van der Waals surface area contributed by atoms with Crippen LogP contribution < -0.4 is 0 Å². The summed E-state index contributed by atoms with van der Waals surface area (Å²) < 4.78 is 0. The summed E-state index contributed by atoms with van der Waals surface area (Å²) in [5.74, 6) is 0.218. The Hall–Kier alpha value is -3.33. The van der Waals surface area contributed by atoms with Crippen LogP contribution in [0.4, 0.5) is 0 Å². The van der Waals surface area contributed by atoms with Gasteiger partial charge in [-0.2, -0.15) is 0 Å². The first kappa shape index (κ1) is 19.6. The highest BCUT2D eigenvalue weighted by Crippen LogP contribution is 2.39. The molecule has 0 spiro atoms. The number of fused-ring (bicyclic) bond motifs is 3. The summed E-state index contributed by atoms with van der Waals surface area (Å²) >= 11 is 0. The molecule has 156 valence electrons. The molecule has 1 aliphatic rings. The molecule has 3 heteroatoms. The number of nitrogens with one attached hydrogen (secondary N) is 1. The molecule has 0 saturated carbocycles.